The highest BCUT2D eigenvalue weighted by molar-refractivity contribution is 7.99. The van der Waals surface area contributed by atoms with Crippen molar-refractivity contribution in [2.75, 3.05) is 5.75 Å². The van der Waals surface area contributed by atoms with Gasteiger partial charge in [0, 0.05) is 11.3 Å². The number of benzene rings is 2. The van der Waals surface area contributed by atoms with Crippen LogP contribution >= 0.6 is 23.1 Å². The van der Waals surface area contributed by atoms with Gasteiger partial charge in [0.1, 0.15) is 0 Å². The first kappa shape index (κ1) is 13.9. The molecule has 0 aliphatic carbocycles. The first-order valence-electron chi connectivity index (χ1n) is 7.58. The minimum absolute atomic E-state index is 0.794. The zero-order chi connectivity index (χ0) is 15.9. The Balaban J connectivity index is 1.71. The van der Waals surface area contributed by atoms with Crippen molar-refractivity contribution in [2.45, 2.75) is 5.16 Å². The lowest BCUT2D eigenvalue weighted by Gasteiger charge is -2.13. The molecule has 0 amide bonds. The fourth-order valence-electron chi connectivity index (χ4n) is 2.88. The Bertz CT molecular complexity index is 1060. The van der Waals surface area contributed by atoms with E-state index in [1.54, 1.807) is 23.1 Å². The van der Waals surface area contributed by atoms with Gasteiger partial charge in [0.05, 0.1) is 10.6 Å². The third kappa shape index (κ3) is 2.18. The number of fused-ring (bicyclic) bond motifs is 2. The summed E-state index contributed by atoms with van der Waals surface area (Å²) in [6.45, 7) is 0. The van der Waals surface area contributed by atoms with Gasteiger partial charge in [-0.1, -0.05) is 60.3 Å². The highest BCUT2D eigenvalue weighted by atomic mass is 32.2. The number of aromatic nitrogens is 3. The minimum Gasteiger partial charge on any atom is -0.186 e. The molecule has 6 heteroatoms. The molecule has 0 N–H and O–H groups in total. The zero-order valence-corrected chi connectivity index (χ0v) is 14.2. The summed E-state index contributed by atoms with van der Waals surface area (Å²) in [5.41, 5.74) is 2.13. The van der Waals surface area contributed by atoms with Crippen molar-refractivity contribution in [1.82, 2.24) is 14.9 Å². The van der Waals surface area contributed by atoms with Crippen molar-refractivity contribution in [3.63, 3.8) is 0 Å². The van der Waals surface area contributed by atoms with Crippen LogP contribution in [0.1, 0.15) is 4.88 Å². The summed E-state index contributed by atoms with van der Waals surface area (Å²) in [7, 11) is 0. The zero-order valence-electron chi connectivity index (χ0n) is 12.6. The Kier molecular flexibility index (Phi) is 3.24. The van der Waals surface area contributed by atoms with Crippen LogP contribution in [0.2, 0.25) is 0 Å². The molecule has 2 aromatic carbocycles. The van der Waals surface area contributed by atoms with Crippen molar-refractivity contribution in [1.29, 1.82) is 0 Å². The van der Waals surface area contributed by atoms with E-state index in [1.165, 1.54) is 15.6 Å². The third-order valence-corrected chi connectivity index (χ3v) is 5.86. The molecule has 1 aliphatic rings. The van der Waals surface area contributed by atoms with Crippen LogP contribution in [0.3, 0.4) is 0 Å². The standard InChI is InChI=1S/C18H12N4S2/c1-2-7-13-12(5-1)6-3-8-14(13)17-19-20-18-22(17)21-15(11-24-18)16-9-4-10-23-16/h1-10H,11H2. The maximum atomic E-state index is 4.83. The topological polar surface area (TPSA) is 43.1 Å². The quantitative estimate of drug-likeness (QED) is 0.535. The molecule has 4 nitrogen and oxygen atoms in total. The van der Waals surface area contributed by atoms with Gasteiger partial charge < -0.3 is 0 Å². The van der Waals surface area contributed by atoms with E-state index in [2.05, 4.69) is 64.1 Å². The molecule has 0 saturated heterocycles. The summed E-state index contributed by atoms with van der Waals surface area (Å²) in [6, 6.07) is 18.7. The first-order valence-corrected chi connectivity index (χ1v) is 9.45. The number of rotatable bonds is 2. The largest absolute Gasteiger partial charge is 0.212 e. The van der Waals surface area contributed by atoms with E-state index in [9.17, 15) is 0 Å². The maximum Gasteiger partial charge on any atom is 0.212 e. The summed E-state index contributed by atoms with van der Waals surface area (Å²) in [4.78, 5) is 1.20. The summed E-state index contributed by atoms with van der Waals surface area (Å²) in [5.74, 6) is 1.62. The van der Waals surface area contributed by atoms with Gasteiger partial charge in [-0.2, -0.15) is 9.78 Å². The SMILES string of the molecule is c1csc(C2=Nn3c(nnc3-c3cccc4ccccc34)SC2)c1. The number of nitrogens with zero attached hydrogens (tertiary/aromatic N) is 4. The first-order chi connectivity index (χ1) is 11.9. The van der Waals surface area contributed by atoms with Crippen LogP contribution in [-0.4, -0.2) is 26.3 Å². The predicted molar refractivity (Wildman–Crippen MR) is 99.9 cm³/mol. The summed E-state index contributed by atoms with van der Waals surface area (Å²) in [5, 5.41) is 18.9. The second kappa shape index (κ2) is 5.58. The minimum atomic E-state index is 0.794. The number of thioether (sulfide) groups is 1. The lowest BCUT2D eigenvalue weighted by Crippen LogP contribution is -2.12. The highest BCUT2D eigenvalue weighted by Crippen LogP contribution is 2.32. The summed E-state index contributed by atoms with van der Waals surface area (Å²) in [6.07, 6.45) is 0. The molecule has 0 spiro atoms. The van der Waals surface area contributed by atoms with E-state index in [0.29, 0.717) is 0 Å². The van der Waals surface area contributed by atoms with Crippen LogP contribution in [0.5, 0.6) is 0 Å². The van der Waals surface area contributed by atoms with Gasteiger partial charge in [-0.3, -0.25) is 0 Å². The van der Waals surface area contributed by atoms with Gasteiger partial charge in [-0.15, -0.1) is 21.5 Å². The van der Waals surface area contributed by atoms with Crippen molar-refractivity contribution in [3.8, 4) is 11.4 Å². The van der Waals surface area contributed by atoms with E-state index in [0.717, 1.165) is 28.0 Å². The molecule has 116 valence electrons. The van der Waals surface area contributed by atoms with Crippen LogP contribution in [0.25, 0.3) is 22.2 Å². The predicted octanol–water partition coefficient (Wildman–Crippen LogP) is 4.52. The van der Waals surface area contributed by atoms with Crippen molar-refractivity contribution in [2.24, 2.45) is 5.10 Å². The second-order valence-electron chi connectivity index (χ2n) is 5.46. The molecule has 4 aromatic rings. The van der Waals surface area contributed by atoms with Gasteiger partial charge in [0.25, 0.3) is 0 Å². The van der Waals surface area contributed by atoms with Gasteiger partial charge >= 0.3 is 0 Å². The van der Waals surface area contributed by atoms with Gasteiger partial charge in [-0.25, -0.2) is 0 Å². The van der Waals surface area contributed by atoms with E-state index < -0.39 is 0 Å². The molecular formula is C18H12N4S2. The third-order valence-electron chi connectivity index (χ3n) is 4.01. The monoisotopic (exact) mass is 348 g/mol. The van der Waals surface area contributed by atoms with Crippen LogP contribution in [0.15, 0.2) is 70.2 Å². The normalized spacial score (nSPS) is 13.8. The smallest absolute Gasteiger partial charge is 0.186 e. The molecule has 0 unspecified atom stereocenters. The van der Waals surface area contributed by atoms with Crippen LogP contribution in [0.4, 0.5) is 0 Å². The Hall–Kier alpha value is -2.44. The van der Waals surface area contributed by atoms with Crippen molar-refractivity contribution < 1.29 is 0 Å². The summed E-state index contributed by atoms with van der Waals surface area (Å²) >= 11 is 3.39. The van der Waals surface area contributed by atoms with Crippen LogP contribution in [0, 0.1) is 0 Å². The summed E-state index contributed by atoms with van der Waals surface area (Å²) < 4.78 is 1.88. The molecule has 24 heavy (non-hydrogen) atoms. The fourth-order valence-corrected chi connectivity index (χ4v) is 4.51. The molecule has 0 saturated carbocycles. The van der Waals surface area contributed by atoms with E-state index in [4.69, 9.17) is 5.10 Å². The lowest BCUT2D eigenvalue weighted by atomic mass is 10.0. The molecule has 0 fully saturated rings. The molecule has 3 heterocycles. The molecule has 5 rings (SSSR count). The van der Waals surface area contributed by atoms with E-state index >= 15 is 0 Å². The average molecular weight is 348 g/mol. The molecule has 0 bridgehead atoms. The highest BCUT2D eigenvalue weighted by Gasteiger charge is 2.21. The number of hydrogen-bond acceptors (Lipinski definition) is 5. The molecular weight excluding hydrogens is 336 g/mol. The van der Waals surface area contributed by atoms with E-state index in [1.807, 2.05) is 10.7 Å². The molecule has 1 aliphatic heterocycles. The molecule has 0 atom stereocenters. The number of hydrogen-bond donors (Lipinski definition) is 0. The van der Waals surface area contributed by atoms with Crippen LogP contribution in [-0.2, 0) is 0 Å². The maximum absolute atomic E-state index is 4.83. The van der Waals surface area contributed by atoms with Crippen LogP contribution < -0.4 is 0 Å². The average Bonchev–Trinajstić information content (AvgIpc) is 3.30. The number of thiophene rings is 1. The Labute approximate surface area is 146 Å². The van der Waals surface area contributed by atoms with Gasteiger partial charge in [0.2, 0.25) is 5.16 Å². The Morgan fingerprint density at radius 1 is 0.917 bits per heavy atom. The Morgan fingerprint density at radius 3 is 2.75 bits per heavy atom. The molecule has 0 radical (unpaired) electrons. The van der Waals surface area contributed by atoms with Gasteiger partial charge in [-0.05, 0) is 22.2 Å². The Morgan fingerprint density at radius 2 is 1.83 bits per heavy atom. The van der Waals surface area contributed by atoms with E-state index in [-0.39, 0.29) is 0 Å². The van der Waals surface area contributed by atoms with Gasteiger partial charge in [0.15, 0.2) is 5.82 Å². The lowest BCUT2D eigenvalue weighted by molar-refractivity contribution is 0.763. The second-order valence-corrected chi connectivity index (χ2v) is 7.35. The fraction of sp³-hybridized carbons (Fsp3) is 0.0556. The molecule has 2 aromatic heterocycles. The van der Waals surface area contributed by atoms with Crippen molar-refractivity contribution in [3.05, 3.63) is 64.9 Å². The van der Waals surface area contributed by atoms with Crippen molar-refractivity contribution >= 4 is 39.6 Å².